The molecule has 0 aromatic heterocycles. The molecular formula is C13H16FNO4. The maximum absolute atomic E-state index is 13.1. The number of nitrogens with one attached hydrogen (secondary N) is 1. The van der Waals surface area contributed by atoms with Crippen LogP contribution in [0.4, 0.5) is 4.39 Å². The van der Waals surface area contributed by atoms with E-state index in [0.29, 0.717) is 11.1 Å². The minimum absolute atomic E-state index is 0.0699. The Morgan fingerprint density at radius 3 is 2.68 bits per heavy atom. The predicted octanol–water partition coefficient (Wildman–Crippen LogP) is 1.41. The molecule has 1 aromatic rings. The number of rotatable bonds is 6. The fourth-order valence-electron chi connectivity index (χ4n) is 1.56. The minimum atomic E-state index is -1.20. The fourth-order valence-corrected chi connectivity index (χ4v) is 1.56. The molecule has 0 saturated heterocycles. The number of aryl methyl sites for hydroxylation is 1. The van der Waals surface area contributed by atoms with E-state index in [-0.39, 0.29) is 13.0 Å². The lowest BCUT2D eigenvalue weighted by Gasteiger charge is -2.15. The molecule has 1 aromatic carbocycles. The average Bonchev–Trinajstić information content (AvgIpc) is 2.36. The Morgan fingerprint density at radius 1 is 1.47 bits per heavy atom. The van der Waals surface area contributed by atoms with E-state index in [1.54, 1.807) is 0 Å². The molecule has 1 atom stereocenters. The van der Waals surface area contributed by atoms with Gasteiger partial charge in [0, 0.05) is 13.5 Å². The summed E-state index contributed by atoms with van der Waals surface area (Å²) in [4.78, 5) is 22.7. The molecule has 6 heteroatoms. The topological polar surface area (TPSA) is 75.6 Å². The van der Waals surface area contributed by atoms with E-state index >= 15 is 0 Å². The Kier molecular flexibility index (Phi) is 5.44. The maximum Gasteiger partial charge on any atom is 0.330 e. The van der Waals surface area contributed by atoms with Gasteiger partial charge in [-0.2, -0.15) is 0 Å². The summed E-state index contributed by atoms with van der Waals surface area (Å²) in [6, 6.07) is 2.74. The first-order valence-corrected chi connectivity index (χ1v) is 5.73. The number of methoxy groups -OCH3 is 1. The molecule has 19 heavy (non-hydrogen) atoms. The highest BCUT2D eigenvalue weighted by Gasteiger charge is 2.22. The number of halogens is 1. The van der Waals surface area contributed by atoms with Crippen LogP contribution in [0.15, 0.2) is 18.2 Å². The highest BCUT2D eigenvalue weighted by molar-refractivity contribution is 5.84. The van der Waals surface area contributed by atoms with Crippen molar-refractivity contribution in [2.24, 2.45) is 0 Å². The third kappa shape index (κ3) is 4.33. The average molecular weight is 269 g/mol. The summed E-state index contributed by atoms with van der Waals surface area (Å²) < 4.78 is 17.9. The van der Waals surface area contributed by atoms with Crippen LogP contribution in [-0.2, 0) is 14.3 Å². The summed E-state index contributed by atoms with van der Waals surface area (Å²) in [5.41, 5.74) is 0.659. The number of carbonyl (C=O) groups is 2. The van der Waals surface area contributed by atoms with Crippen LogP contribution in [0.1, 0.15) is 23.6 Å². The highest BCUT2D eigenvalue weighted by atomic mass is 19.1. The van der Waals surface area contributed by atoms with E-state index in [9.17, 15) is 14.0 Å². The summed E-state index contributed by atoms with van der Waals surface area (Å²) in [5.74, 6) is -2.05. The lowest BCUT2D eigenvalue weighted by molar-refractivity contribution is -0.142. The van der Waals surface area contributed by atoms with Crippen LogP contribution in [0.3, 0.4) is 0 Å². The van der Waals surface area contributed by atoms with Gasteiger partial charge in [-0.1, -0.05) is 12.1 Å². The Hall–Kier alpha value is -1.95. The van der Waals surface area contributed by atoms with Crippen LogP contribution in [-0.4, -0.2) is 30.7 Å². The molecule has 1 unspecified atom stereocenters. The maximum atomic E-state index is 13.1. The second-order valence-corrected chi connectivity index (χ2v) is 4.09. The van der Waals surface area contributed by atoms with E-state index in [0.717, 1.165) is 0 Å². The highest BCUT2D eigenvalue weighted by Crippen LogP contribution is 2.17. The first-order chi connectivity index (χ1) is 8.95. The van der Waals surface area contributed by atoms with Crippen molar-refractivity contribution in [3.8, 4) is 0 Å². The molecule has 0 aliphatic rings. The van der Waals surface area contributed by atoms with Crippen molar-refractivity contribution >= 4 is 11.9 Å². The van der Waals surface area contributed by atoms with Crippen LogP contribution < -0.4 is 5.32 Å². The molecule has 0 saturated carbocycles. The van der Waals surface area contributed by atoms with Gasteiger partial charge >= 0.3 is 5.97 Å². The number of carboxylic acid groups (broad SMARTS) is 1. The molecule has 104 valence electrons. The summed E-state index contributed by atoms with van der Waals surface area (Å²) >= 11 is 0. The van der Waals surface area contributed by atoms with E-state index in [1.165, 1.54) is 32.2 Å². The quantitative estimate of drug-likeness (QED) is 0.818. The molecule has 0 spiro atoms. The number of carboxylic acids is 1. The Bertz CT molecular complexity index is 476. The summed E-state index contributed by atoms with van der Waals surface area (Å²) in [7, 11) is 1.45. The van der Waals surface area contributed by atoms with Crippen LogP contribution in [0.25, 0.3) is 0 Å². The number of carbonyl (C=O) groups excluding carboxylic acids is 1. The Balaban J connectivity index is 2.85. The van der Waals surface area contributed by atoms with Crippen molar-refractivity contribution in [3.63, 3.8) is 0 Å². The zero-order valence-corrected chi connectivity index (χ0v) is 10.8. The van der Waals surface area contributed by atoms with E-state index in [2.05, 4.69) is 5.32 Å². The summed E-state index contributed by atoms with van der Waals surface area (Å²) in [6.07, 6.45) is 0.0699. The molecule has 0 fully saturated rings. The summed E-state index contributed by atoms with van der Waals surface area (Å²) in [6.45, 7) is 1.74. The first-order valence-electron chi connectivity index (χ1n) is 5.73. The molecule has 5 nitrogen and oxygen atoms in total. The number of hydrogen-bond acceptors (Lipinski definition) is 3. The monoisotopic (exact) mass is 269 g/mol. The van der Waals surface area contributed by atoms with Gasteiger partial charge in [-0.3, -0.25) is 4.79 Å². The zero-order chi connectivity index (χ0) is 14.4. The molecule has 1 rings (SSSR count). The molecular weight excluding hydrogens is 253 g/mol. The van der Waals surface area contributed by atoms with E-state index in [1.807, 2.05) is 0 Å². The number of amides is 1. The lowest BCUT2D eigenvalue weighted by atomic mass is 10.0. The van der Waals surface area contributed by atoms with Gasteiger partial charge < -0.3 is 15.2 Å². The van der Waals surface area contributed by atoms with Gasteiger partial charge in [-0.15, -0.1) is 0 Å². The SMILES string of the molecule is COCCC(=O)NC(C(=O)O)c1ccc(F)c(C)c1. The molecule has 0 aliphatic heterocycles. The Labute approximate surface area is 110 Å². The largest absolute Gasteiger partial charge is 0.479 e. The van der Waals surface area contributed by atoms with E-state index in [4.69, 9.17) is 9.84 Å². The molecule has 0 aliphatic carbocycles. The lowest BCUT2D eigenvalue weighted by Crippen LogP contribution is -2.34. The standard InChI is InChI=1S/C13H16FNO4/c1-8-7-9(3-4-10(8)14)12(13(17)18)15-11(16)5-6-19-2/h3-4,7,12H,5-6H2,1-2H3,(H,15,16)(H,17,18). The van der Waals surface area contributed by atoms with E-state index < -0.39 is 23.7 Å². The van der Waals surface area contributed by atoms with Gasteiger partial charge in [-0.25, -0.2) is 9.18 Å². The Morgan fingerprint density at radius 2 is 2.16 bits per heavy atom. The third-order valence-electron chi connectivity index (χ3n) is 2.60. The molecule has 1 amide bonds. The van der Waals surface area contributed by atoms with Crippen LogP contribution >= 0.6 is 0 Å². The molecule has 0 radical (unpaired) electrons. The van der Waals surface area contributed by atoms with Gasteiger partial charge in [0.1, 0.15) is 5.82 Å². The third-order valence-corrected chi connectivity index (χ3v) is 2.60. The van der Waals surface area contributed by atoms with Crippen LogP contribution in [0.5, 0.6) is 0 Å². The fraction of sp³-hybridized carbons (Fsp3) is 0.385. The van der Waals surface area contributed by atoms with Crippen molar-refractivity contribution in [3.05, 3.63) is 35.1 Å². The van der Waals surface area contributed by atoms with Crippen molar-refractivity contribution in [2.45, 2.75) is 19.4 Å². The number of ether oxygens (including phenoxy) is 1. The smallest absolute Gasteiger partial charge is 0.330 e. The second-order valence-electron chi connectivity index (χ2n) is 4.09. The first kappa shape index (κ1) is 15.1. The molecule has 0 bridgehead atoms. The van der Waals surface area contributed by atoms with Crippen LogP contribution in [0.2, 0.25) is 0 Å². The number of benzene rings is 1. The van der Waals surface area contributed by atoms with Gasteiger partial charge in [0.2, 0.25) is 5.91 Å². The second kappa shape index (κ2) is 6.84. The predicted molar refractivity (Wildman–Crippen MR) is 66.1 cm³/mol. The van der Waals surface area contributed by atoms with Crippen molar-refractivity contribution in [1.29, 1.82) is 0 Å². The van der Waals surface area contributed by atoms with Gasteiger partial charge in [0.05, 0.1) is 6.61 Å². The number of hydrogen-bond donors (Lipinski definition) is 2. The van der Waals surface area contributed by atoms with Gasteiger partial charge in [0.25, 0.3) is 0 Å². The van der Waals surface area contributed by atoms with Crippen molar-refractivity contribution in [1.82, 2.24) is 5.32 Å². The van der Waals surface area contributed by atoms with Gasteiger partial charge in [-0.05, 0) is 24.1 Å². The van der Waals surface area contributed by atoms with Gasteiger partial charge in [0.15, 0.2) is 6.04 Å². The number of aliphatic carboxylic acids is 1. The summed E-state index contributed by atoms with van der Waals surface area (Å²) in [5, 5.41) is 11.5. The molecule has 2 N–H and O–H groups in total. The van der Waals surface area contributed by atoms with Crippen LogP contribution in [0, 0.1) is 12.7 Å². The van der Waals surface area contributed by atoms with Crippen molar-refractivity contribution < 1.29 is 23.8 Å². The zero-order valence-electron chi connectivity index (χ0n) is 10.8. The molecule has 0 heterocycles. The normalized spacial score (nSPS) is 11.9. The van der Waals surface area contributed by atoms with Crippen molar-refractivity contribution in [2.75, 3.05) is 13.7 Å². The minimum Gasteiger partial charge on any atom is -0.479 e.